The number of aromatic carboxylic acids is 1. The Hall–Kier alpha value is -1.76. The zero-order valence-corrected chi connectivity index (χ0v) is 11.4. The Morgan fingerprint density at radius 3 is 2.63 bits per heavy atom. The summed E-state index contributed by atoms with van der Waals surface area (Å²) in [6.45, 7) is 1.84. The number of anilines is 1. The van der Waals surface area contributed by atoms with Gasteiger partial charge in [0.05, 0.1) is 17.9 Å². The van der Waals surface area contributed by atoms with Crippen LogP contribution in [-0.4, -0.2) is 37.6 Å². The molecule has 1 aromatic carbocycles. The van der Waals surface area contributed by atoms with Crippen LogP contribution in [0.3, 0.4) is 0 Å². The van der Waals surface area contributed by atoms with E-state index in [1.807, 2.05) is 0 Å². The van der Waals surface area contributed by atoms with Crippen molar-refractivity contribution >= 4 is 21.5 Å². The van der Waals surface area contributed by atoms with Crippen molar-refractivity contribution in [1.29, 1.82) is 0 Å². The van der Waals surface area contributed by atoms with Crippen LogP contribution >= 0.6 is 0 Å². The highest BCUT2D eigenvalue weighted by molar-refractivity contribution is 7.91. The van der Waals surface area contributed by atoms with Gasteiger partial charge in [0.1, 0.15) is 15.6 Å². The van der Waals surface area contributed by atoms with Gasteiger partial charge < -0.3 is 15.6 Å². The summed E-state index contributed by atoms with van der Waals surface area (Å²) in [5.41, 5.74) is 5.69. The van der Waals surface area contributed by atoms with Gasteiger partial charge in [-0.3, -0.25) is 0 Å². The van der Waals surface area contributed by atoms with Crippen LogP contribution in [0.1, 0.15) is 23.7 Å². The number of nitrogen functional groups attached to an aromatic ring is 1. The molecule has 0 fully saturated rings. The maximum absolute atomic E-state index is 11.2. The minimum absolute atomic E-state index is 0.0147. The molecule has 1 rings (SSSR count). The number of rotatable bonds is 7. The fraction of sp³-hybridized carbons (Fsp3) is 0.417. The molecule has 0 atom stereocenters. The number of nitrogens with two attached hydrogens (primary N) is 1. The van der Waals surface area contributed by atoms with Crippen LogP contribution in [0.2, 0.25) is 0 Å². The molecule has 6 nitrogen and oxygen atoms in total. The van der Waals surface area contributed by atoms with Gasteiger partial charge in [0.15, 0.2) is 0 Å². The van der Waals surface area contributed by atoms with Crippen LogP contribution in [0.5, 0.6) is 5.75 Å². The first kappa shape index (κ1) is 15.3. The van der Waals surface area contributed by atoms with Crippen molar-refractivity contribution in [1.82, 2.24) is 0 Å². The summed E-state index contributed by atoms with van der Waals surface area (Å²) in [5, 5.41) is 8.80. The minimum atomic E-state index is -2.98. The molecule has 0 aliphatic rings. The SMILES string of the molecule is CCS(=O)(=O)CCCOc1ccc(C(=O)O)c(N)c1. The molecule has 0 amide bonds. The van der Waals surface area contributed by atoms with Crippen LogP contribution < -0.4 is 10.5 Å². The maximum Gasteiger partial charge on any atom is 0.337 e. The molecule has 0 saturated carbocycles. The molecule has 0 aromatic heterocycles. The highest BCUT2D eigenvalue weighted by Gasteiger charge is 2.09. The van der Waals surface area contributed by atoms with E-state index in [0.717, 1.165) is 0 Å². The Labute approximate surface area is 112 Å². The van der Waals surface area contributed by atoms with Gasteiger partial charge in [-0.05, 0) is 18.6 Å². The van der Waals surface area contributed by atoms with Crippen molar-refractivity contribution in [3.63, 3.8) is 0 Å². The second-order valence-electron chi connectivity index (χ2n) is 3.99. The third kappa shape index (κ3) is 4.78. The molecule has 3 N–H and O–H groups in total. The van der Waals surface area contributed by atoms with E-state index in [1.54, 1.807) is 6.92 Å². The molecule has 0 saturated heterocycles. The summed E-state index contributed by atoms with van der Waals surface area (Å²) < 4.78 is 27.8. The van der Waals surface area contributed by atoms with E-state index in [2.05, 4.69) is 0 Å². The summed E-state index contributed by atoms with van der Waals surface area (Å²) in [7, 11) is -2.98. The normalized spacial score (nSPS) is 11.2. The van der Waals surface area contributed by atoms with Crippen LogP contribution in [0.25, 0.3) is 0 Å². The Morgan fingerprint density at radius 1 is 1.42 bits per heavy atom. The summed E-state index contributed by atoms with van der Waals surface area (Å²) in [6.07, 6.45) is 0.386. The molecule has 7 heteroatoms. The zero-order valence-electron chi connectivity index (χ0n) is 10.6. The highest BCUT2D eigenvalue weighted by Crippen LogP contribution is 2.20. The summed E-state index contributed by atoms with van der Waals surface area (Å²) in [4.78, 5) is 10.7. The smallest absolute Gasteiger partial charge is 0.337 e. The van der Waals surface area contributed by atoms with Gasteiger partial charge in [0, 0.05) is 17.5 Å². The third-order valence-corrected chi connectivity index (χ3v) is 4.35. The number of benzene rings is 1. The van der Waals surface area contributed by atoms with E-state index in [4.69, 9.17) is 15.6 Å². The first-order valence-corrected chi connectivity index (χ1v) is 7.64. The lowest BCUT2D eigenvalue weighted by Crippen LogP contribution is -2.12. The average Bonchev–Trinajstić information content (AvgIpc) is 2.34. The monoisotopic (exact) mass is 287 g/mol. The van der Waals surface area contributed by atoms with Gasteiger partial charge in [-0.1, -0.05) is 6.92 Å². The highest BCUT2D eigenvalue weighted by atomic mass is 32.2. The van der Waals surface area contributed by atoms with E-state index < -0.39 is 15.8 Å². The summed E-state index contributed by atoms with van der Waals surface area (Å²) >= 11 is 0. The lowest BCUT2D eigenvalue weighted by molar-refractivity contribution is 0.0698. The van der Waals surface area contributed by atoms with Gasteiger partial charge in [0.25, 0.3) is 0 Å². The maximum atomic E-state index is 11.2. The van der Waals surface area contributed by atoms with Gasteiger partial charge in [-0.2, -0.15) is 0 Å². The van der Waals surface area contributed by atoms with Crippen LogP contribution in [-0.2, 0) is 9.84 Å². The molecule has 0 unspecified atom stereocenters. The molecular weight excluding hydrogens is 270 g/mol. The summed E-state index contributed by atoms with van der Waals surface area (Å²) in [5.74, 6) is -0.478. The van der Waals surface area contributed by atoms with Crippen LogP contribution in [0, 0.1) is 0 Å². The number of ether oxygens (including phenoxy) is 1. The van der Waals surface area contributed by atoms with Crippen LogP contribution in [0.4, 0.5) is 5.69 Å². The van der Waals surface area contributed by atoms with Crippen molar-refractivity contribution in [2.24, 2.45) is 0 Å². The van der Waals surface area contributed by atoms with Gasteiger partial charge in [-0.25, -0.2) is 13.2 Å². The predicted molar refractivity (Wildman–Crippen MR) is 72.3 cm³/mol. The molecule has 0 spiro atoms. The van der Waals surface area contributed by atoms with Gasteiger partial charge in [-0.15, -0.1) is 0 Å². The number of carboxylic acid groups (broad SMARTS) is 1. The molecule has 19 heavy (non-hydrogen) atoms. The Kier molecular flexibility index (Phi) is 5.17. The van der Waals surface area contributed by atoms with E-state index >= 15 is 0 Å². The van der Waals surface area contributed by atoms with Crippen molar-refractivity contribution in [2.45, 2.75) is 13.3 Å². The fourth-order valence-corrected chi connectivity index (χ4v) is 2.28. The van der Waals surface area contributed by atoms with Gasteiger partial charge >= 0.3 is 5.97 Å². The number of sulfone groups is 1. The number of carbonyl (C=O) groups is 1. The number of carboxylic acids is 1. The molecule has 106 valence electrons. The Morgan fingerprint density at radius 2 is 2.11 bits per heavy atom. The first-order chi connectivity index (χ1) is 8.85. The van der Waals surface area contributed by atoms with E-state index in [9.17, 15) is 13.2 Å². The van der Waals surface area contributed by atoms with Crippen molar-refractivity contribution < 1.29 is 23.1 Å². The van der Waals surface area contributed by atoms with Crippen molar-refractivity contribution in [3.8, 4) is 5.75 Å². The summed E-state index contributed by atoms with van der Waals surface area (Å²) in [6, 6.07) is 4.27. The average molecular weight is 287 g/mol. The second-order valence-corrected chi connectivity index (χ2v) is 6.47. The Bertz CT molecular complexity index is 553. The molecule has 0 bridgehead atoms. The third-order valence-electron chi connectivity index (χ3n) is 2.56. The van der Waals surface area contributed by atoms with Crippen molar-refractivity contribution in [2.75, 3.05) is 23.8 Å². The minimum Gasteiger partial charge on any atom is -0.493 e. The molecule has 0 aliphatic carbocycles. The quantitative estimate of drug-likeness (QED) is 0.576. The zero-order chi connectivity index (χ0) is 14.5. The van der Waals surface area contributed by atoms with E-state index in [-0.39, 0.29) is 29.4 Å². The lowest BCUT2D eigenvalue weighted by atomic mass is 10.2. The molecule has 0 aliphatic heterocycles. The van der Waals surface area contributed by atoms with Crippen molar-refractivity contribution in [3.05, 3.63) is 23.8 Å². The standard InChI is InChI=1S/C12H17NO5S/c1-2-19(16,17)7-3-6-18-9-4-5-10(12(14)15)11(13)8-9/h4-5,8H,2-3,6-7,13H2,1H3,(H,14,15). The van der Waals surface area contributed by atoms with E-state index in [1.165, 1.54) is 18.2 Å². The second kappa shape index (κ2) is 6.42. The predicted octanol–water partition coefficient (Wildman–Crippen LogP) is 1.17. The Balaban J connectivity index is 2.51. The molecule has 0 radical (unpaired) electrons. The molecular formula is C12H17NO5S. The van der Waals surface area contributed by atoms with Gasteiger partial charge in [0.2, 0.25) is 0 Å². The largest absolute Gasteiger partial charge is 0.493 e. The molecule has 1 aromatic rings. The molecule has 0 heterocycles. The topological polar surface area (TPSA) is 107 Å². The fourth-order valence-electron chi connectivity index (χ4n) is 1.44. The number of hydrogen-bond acceptors (Lipinski definition) is 5. The lowest BCUT2D eigenvalue weighted by Gasteiger charge is -2.08. The number of hydrogen-bond donors (Lipinski definition) is 2. The van der Waals surface area contributed by atoms with Crippen LogP contribution in [0.15, 0.2) is 18.2 Å². The van der Waals surface area contributed by atoms with E-state index in [0.29, 0.717) is 12.2 Å². The first-order valence-electron chi connectivity index (χ1n) is 5.82.